The van der Waals surface area contributed by atoms with Gasteiger partial charge < -0.3 is 15.4 Å². The van der Waals surface area contributed by atoms with Crippen molar-refractivity contribution in [1.29, 1.82) is 0 Å². The number of aromatic amines is 2. The maximum atomic E-state index is 11.9. The Bertz CT molecular complexity index is 741. The molecule has 0 aliphatic heterocycles. The standard InChI is InChI=1S/C15H23N3O5S2/c1-3-6-24-9-25(23)8-11(7-19)17-13(20)5-4-12-10(2)16-15(22)18-14(12)21/h4-5,11,19H,3,6-9H2,1-2H3,(H,17,20)(H2,16,18,21,22)/b5-4+/t11-,25?/m0/s1. The van der Waals surface area contributed by atoms with Crippen LogP contribution in [0.3, 0.4) is 0 Å². The molecule has 0 aliphatic rings. The van der Waals surface area contributed by atoms with Gasteiger partial charge in [-0.15, -0.1) is 11.8 Å². The van der Waals surface area contributed by atoms with Crippen LogP contribution in [-0.2, 0) is 15.6 Å². The first kappa shape index (κ1) is 21.4. The van der Waals surface area contributed by atoms with Gasteiger partial charge in [0.25, 0.3) is 5.56 Å². The van der Waals surface area contributed by atoms with Gasteiger partial charge in [-0.3, -0.25) is 18.8 Å². The van der Waals surface area contributed by atoms with Crippen molar-refractivity contribution < 1.29 is 14.1 Å². The molecule has 1 aromatic rings. The van der Waals surface area contributed by atoms with E-state index >= 15 is 0 Å². The Balaban J connectivity index is 2.63. The molecule has 1 heterocycles. The SMILES string of the molecule is CCCSCS(=O)C[C@H](CO)NC(=O)/C=C/c1c(C)[nH]c(=O)[nH]c1=O. The lowest BCUT2D eigenvalue weighted by atomic mass is 10.2. The first-order chi connectivity index (χ1) is 11.9. The Morgan fingerprint density at radius 2 is 2.12 bits per heavy atom. The van der Waals surface area contributed by atoms with Crippen LogP contribution in [-0.4, -0.2) is 54.4 Å². The molecule has 1 aromatic heterocycles. The number of thioether (sulfide) groups is 1. The van der Waals surface area contributed by atoms with E-state index in [4.69, 9.17) is 0 Å². The van der Waals surface area contributed by atoms with E-state index in [0.29, 0.717) is 10.8 Å². The van der Waals surface area contributed by atoms with E-state index in [-0.39, 0.29) is 17.9 Å². The fraction of sp³-hybridized carbons (Fsp3) is 0.533. The van der Waals surface area contributed by atoms with Crippen molar-refractivity contribution in [2.45, 2.75) is 26.3 Å². The molecule has 140 valence electrons. The maximum absolute atomic E-state index is 11.9. The van der Waals surface area contributed by atoms with Crippen molar-refractivity contribution in [1.82, 2.24) is 15.3 Å². The molecular weight excluding hydrogens is 366 g/mol. The highest BCUT2D eigenvalue weighted by molar-refractivity contribution is 8.10. The molecule has 0 aromatic carbocycles. The number of hydrogen-bond acceptors (Lipinski definition) is 6. The molecule has 0 radical (unpaired) electrons. The number of nitrogens with one attached hydrogen (secondary N) is 3. The van der Waals surface area contributed by atoms with Gasteiger partial charge in [-0.05, 0) is 25.2 Å². The fourth-order valence-corrected chi connectivity index (χ4v) is 4.45. The summed E-state index contributed by atoms with van der Waals surface area (Å²) < 4.78 is 11.9. The largest absolute Gasteiger partial charge is 0.394 e. The number of amides is 1. The summed E-state index contributed by atoms with van der Waals surface area (Å²) in [5, 5.41) is 12.3. The van der Waals surface area contributed by atoms with Crippen LogP contribution in [0.25, 0.3) is 6.08 Å². The third kappa shape index (κ3) is 7.84. The zero-order valence-electron chi connectivity index (χ0n) is 14.2. The Hall–Kier alpha value is -1.65. The number of carbonyl (C=O) groups excluding carboxylic acids is 1. The minimum absolute atomic E-state index is 0.158. The predicted molar refractivity (Wildman–Crippen MR) is 101 cm³/mol. The van der Waals surface area contributed by atoms with Gasteiger partial charge in [0.1, 0.15) is 0 Å². The highest BCUT2D eigenvalue weighted by Crippen LogP contribution is 2.05. The summed E-state index contributed by atoms with van der Waals surface area (Å²) in [7, 11) is -1.15. The zero-order chi connectivity index (χ0) is 18.8. The van der Waals surface area contributed by atoms with Crippen molar-refractivity contribution in [3.63, 3.8) is 0 Å². The second-order valence-corrected chi connectivity index (χ2v) is 8.27. The van der Waals surface area contributed by atoms with Gasteiger partial charge in [0.15, 0.2) is 0 Å². The minimum Gasteiger partial charge on any atom is -0.394 e. The number of aryl methyl sites for hydroxylation is 1. The average Bonchev–Trinajstić information content (AvgIpc) is 2.53. The lowest BCUT2D eigenvalue weighted by molar-refractivity contribution is -0.117. The Morgan fingerprint density at radius 1 is 1.40 bits per heavy atom. The van der Waals surface area contributed by atoms with Crippen molar-refractivity contribution in [3.8, 4) is 0 Å². The summed E-state index contributed by atoms with van der Waals surface area (Å²) in [5.41, 5.74) is -0.716. The zero-order valence-corrected chi connectivity index (χ0v) is 15.8. The third-order valence-corrected chi connectivity index (χ3v) is 6.28. The molecule has 10 heteroatoms. The first-order valence-electron chi connectivity index (χ1n) is 7.72. The molecule has 0 fully saturated rings. The van der Waals surface area contributed by atoms with E-state index in [1.807, 2.05) is 6.92 Å². The average molecular weight is 389 g/mol. The molecule has 1 unspecified atom stereocenters. The maximum Gasteiger partial charge on any atom is 0.325 e. The van der Waals surface area contributed by atoms with Crippen LogP contribution >= 0.6 is 11.8 Å². The van der Waals surface area contributed by atoms with E-state index < -0.39 is 34.0 Å². The third-order valence-electron chi connectivity index (χ3n) is 3.10. The van der Waals surface area contributed by atoms with Crippen LogP contribution in [0.4, 0.5) is 0 Å². The molecule has 0 aliphatic carbocycles. The van der Waals surface area contributed by atoms with E-state index in [2.05, 4.69) is 15.3 Å². The van der Waals surface area contributed by atoms with Crippen molar-refractivity contribution >= 4 is 34.5 Å². The number of aromatic nitrogens is 2. The number of carbonyl (C=O) groups is 1. The van der Waals surface area contributed by atoms with Gasteiger partial charge in [0.2, 0.25) is 5.91 Å². The van der Waals surface area contributed by atoms with Gasteiger partial charge in [-0.2, -0.15) is 0 Å². The number of hydrogen-bond donors (Lipinski definition) is 4. The van der Waals surface area contributed by atoms with Gasteiger partial charge in [0.05, 0.1) is 23.3 Å². The summed E-state index contributed by atoms with van der Waals surface area (Å²) in [5.74, 6) is 0.546. The van der Waals surface area contributed by atoms with Gasteiger partial charge in [-0.25, -0.2) is 4.79 Å². The lowest BCUT2D eigenvalue weighted by Gasteiger charge is -2.14. The molecular formula is C15H23N3O5S2. The minimum atomic E-state index is -1.15. The van der Waals surface area contributed by atoms with Crippen LogP contribution < -0.4 is 16.6 Å². The molecule has 0 spiro atoms. The van der Waals surface area contributed by atoms with E-state index in [0.717, 1.165) is 18.2 Å². The summed E-state index contributed by atoms with van der Waals surface area (Å²) in [6, 6.07) is -0.629. The molecule has 2 atom stereocenters. The number of rotatable bonds is 10. The smallest absolute Gasteiger partial charge is 0.325 e. The molecule has 0 saturated carbocycles. The van der Waals surface area contributed by atoms with Crippen LogP contribution in [0, 0.1) is 6.92 Å². The van der Waals surface area contributed by atoms with Crippen LogP contribution in [0.5, 0.6) is 0 Å². The Morgan fingerprint density at radius 3 is 2.72 bits per heavy atom. The van der Waals surface area contributed by atoms with Crippen molar-refractivity contribution in [3.05, 3.63) is 38.2 Å². The Kier molecular flexibility index (Phi) is 9.46. The Labute approximate surface area is 152 Å². The number of aliphatic hydroxyl groups excluding tert-OH is 1. The molecule has 0 bridgehead atoms. The van der Waals surface area contributed by atoms with Gasteiger partial charge in [0, 0.05) is 28.3 Å². The highest BCUT2D eigenvalue weighted by Gasteiger charge is 2.14. The number of H-pyrrole nitrogens is 2. The van der Waals surface area contributed by atoms with E-state index in [9.17, 15) is 23.7 Å². The summed E-state index contributed by atoms with van der Waals surface area (Å²) in [4.78, 5) is 39.2. The number of aliphatic hydroxyl groups is 1. The second kappa shape index (κ2) is 11.1. The molecule has 1 amide bonds. The summed E-state index contributed by atoms with van der Waals surface area (Å²) >= 11 is 1.57. The fourth-order valence-electron chi connectivity index (χ4n) is 1.93. The quantitative estimate of drug-likeness (QED) is 0.321. The first-order valence-corrected chi connectivity index (χ1v) is 10.4. The predicted octanol–water partition coefficient (Wildman–Crippen LogP) is -0.289. The highest BCUT2D eigenvalue weighted by atomic mass is 32.2. The molecule has 8 nitrogen and oxygen atoms in total. The molecule has 4 N–H and O–H groups in total. The lowest BCUT2D eigenvalue weighted by Crippen LogP contribution is -2.40. The van der Waals surface area contributed by atoms with E-state index in [1.165, 1.54) is 6.08 Å². The topological polar surface area (TPSA) is 132 Å². The van der Waals surface area contributed by atoms with Crippen LogP contribution in [0.2, 0.25) is 0 Å². The van der Waals surface area contributed by atoms with Crippen LogP contribution in [0.15, 0.2) is 15.7 Å². The normalized spacial score (nSPS) is 13.7. The monoisotopic (exact) mass is 389 g/mol. The van der Waals surface area contributed by atoms with Gasteiger partial charge >= 0.3 is 5.69 Å². The molecule has 25 heavy (non-hydrogen) atoms. The van der Waals surface area contributed by atoms with Crippen molar-refractivity contribution in [2.75, 3.05) is 23.2 Å². The summed E-state index contributed by atoms with van der Waals surface area (Å²) in [6.07, 6.45) is 3.41. The van der Waals surface area contributed by atoms with Crippen molar-refractivity contribution in [2.24, 2.45) is 0 Å². The molecule has 1 rings (SSSR count). The second-order valence-electron chi connectivity index (χ2n) is 5.30. The van der Waals surface area contributed by atoms with Gasteiger partial charge in [-0.1, -0.05) is 6.92 Å². The van der Waals surface area contributed by atoms with E-state index in [1.54, 1.807) is 18.7 Å². The van der Waals surface area contributed by atoms with Crippen LogP contribution in [0.1, 0.15) is 24.6 Å². The summed E-state index contributed by atoms with van der Waals surface area (Å²) in [6.45, 7) is 3.25. The molecule has 0 saturated heterocycles.